The van der Waals surface area contributed by atoms with Crippen LogP contribution in [-0.4, -0.2) is 11.9 Å². The monoisotopic (exact) mass is 374 g/mol. The third-order valence-corrected chi connectivity index (χ3v) is 4.49. The Balaban J connectivity index is 1.67. The Bertz CT molecular complexity index is 956. The van der Waals surface area contributed by atoms with Crippen LogP contribution in [0.15, 0.2) is 78.9 Å². The molecule has 3 aromatic rings. The van der Waals surface area contributed by atoms with E-state index in [1.807, 2.05) is 68.4 Å². The number of carbonyl (C=O) groups is 2. The number of ether oxygens (including phenoxy) is 2. The largest absolute Gasteiger partial charge is 0.514 e. The van der Waals surface area contributed by atoms with E-state index in [2.05, 4.69) is 0 Å². The van der Waals surface area contributed by atoms with Crippen LogP contribution in [0.3, 0.4) is 0 Å². The van der Waals surface area contributed by atoms with Crippen LogP contribution in [0.1, 0.15) is 36.7 Å². The Kier molecular flexibility index (Phi) is 5.59. The molecule has 0 amide bonds. The molecular formula is C24H22O4. The molecule has 0 radical (unpaired) electrons. The maximum absolute atomic E-state index is 12.2. The minimum Gasteiger partial charge on any atom is -0.423 e. The molecule has 142 valence electrons. The van der Waals surface area contributed by atoms with Crippen molar-refractivity contribution in [2.45, 2.75) is 26.4 Å². The summed E-state index contributed by atoms with van der Waals surface area (Å²) >= 11 is 0. The van der Waals surface area contributed by atoms with Crippen molar-refractivity contribution in [3.05, 3.63) is 90.0 Å². The van der Waals surface area contributed by atoms with Crippen LogP contribution in [0.25, 0.3) is 11.1 Å². The zero-order valence-corrected chi connectivity index (χ0v) is 16.1. The molecule has 0 saturated carbocycles. The molecule has 3 rings (SSSR count). The second-order valence-electron chi connectivity index (χ2n) is 6.99. The van der Waals surface area contributed by atoms with E-state index in [1.165, 1.54) is 6.92 Å². The number of rotatable bonds is 5. The van der Waals surface area contributed by atoms with Crippen LogP contribution in [0, 0.1) is 0 Å². The third-order valence-electron chi connectivity index (χ3n) is 4.49. The van der Waals surface area contributed by atoms with Crippen LogP contribution < -0.4 is 4.74 Å². The first-order chi connectivity index (χ1) is 13.3. The van der Waals surface area contributed by atoms with Crippen LogP contribution >= 0.6 is 0 Å². The van der Waals surface area contributed by atoms with Crippen molar-refractivity contribution < 1.29 is 19.1 Å². The lowest BCUT2D eigenvalue weighted by Crippen LogP contribution is -2.27. The molecule has 0 aliphatic rings. The molecule has 0 heterocycles. The summed E-state index contributed by atoms with van der Waals surface area (Å²) in [4.78, 5) is 23.5. The highest BCUT2D eigenvalue weighted by atomic mass is 16.7. The number of benzene rings is 3. The standard InChI is InChI=1S/C24H22O4/c1-17(25)18-11-15-22(16-12-18)27-23(26)28-24(2,3)21-13-9-20(10-14-21)19-7-5-4-6-8-19/h4-16H,1-3H3. The molecule has 4 nitrogen and oxygen atoms in total. The summed E-state index contributed by atoms with van der Waals surface area (Å²) in [7, 11) is 0. The second-order valence-corrected chi connectivity index (χ2v) is 6.99. The van der Waals surface area contributed by atoms with Crippen molar-refractivity contribution in [2.75, 3.05) is 0 Å². The number of hydrogen-bond acceptors (Lipinski definition) is 4. The van der Waals surface area contributed by atoms with Crippen molar-refractivity contribution in [3.63, 3.8) is 0 Å². The van der Waals surface area contributed by atoms with Crippen LogP contribution in [0.4, 0.5) is 4.79 Å². The van der Waals surface area contributed by atoms with Gasteiger partial charge in [-0.05, 0) is 61.7 Å². The average molecular weight is 374 g/mol. The number of hydrogen-bond donors (Lipinski definition) is 0. The molecular weight excluding hydrogens is 352 g/mol. The molecule has 0 N–H and O–H groups in total. The minimum atomic E-state index is -0.856. The van der Waals surface area contributed by atoms with Gasteiger partial charge in [0.05, 0.1) is 0 Å². The van der Waals surface area contributed by atoms with Gasteiger partial charge in [0.1, 0.15) is 11.4 Å². The van der Waals surface area contributed by atoms with Crippen molar-refractivity contribution in [3.8, 4) is 16.9 Å². The fourth-order valence-corrected chi connectivity index (χ4v) is 2.84. The van der Waals surface area contributed by atoms with Crippen molar-refractivity contribution in [2.24, 2.45) is 0 Å². The summed E-state index contributed by atoms with van der Waals surface area (Å²) in [5, 5.41) is 0. The Labute approximate surface area is 164 Å². The third kappa shape index (κ3) is 4.65. The highest BCUT2D eigenvalue weighted by Crippen LogP contribution is 2.28. The van der Waals surface area contributed by atoms with Gasteiger partial charge in [0, 0.05) is 5.56 Å². The predicted octanol–water partition coefficient (Wildman–Crippen LogP) is 6.01. The first kappa shape index (κ1) is 19.4. The fourth-order valence-electron chi connectivity index (χ4n) is 2.84. The maximum atomic E-state index is 12.2. The SMILES string of the molecule is CC(=O)c1ccc(OC(=O)OC(C)(C)c2ccc(-c3ccccc3)cc2)cc1. The van der Waals surface area contributed by atoms with E-state index in [0.29, 0.717) is 11.3 Å². The lowest BCUT2D eigenvalue weighted by molar-refractivity contribution is 0.00637. The van der Waals surface area contributed by atoms with Crippen molar-refractivity contribution in [1.82, 2.24) is 0 Å². The second kappa shape index (κ2) is 8.09. The van der Waals surface area contributed by atoms with Gasteiger partial charge in [0.2, 0.25) is 0 Å². The Morgan fingerprint density at radius 1 is 0.750 bits per heavy atom. The van der Waals surface area contributed by atoms with Gasteiger partial charge in [-0.1, -0.05) is 54.6 Å². The molecule has 0 aliphatic heterocycles. The minimum absolute atomic E-state index is 0.0470. The van der Waals surface area contributed by atoms with Crippen LogP contribution in [0.5, 0.6) is 5.75 Å². The molecule has 0 aromatic heterocycles. The van der Waals surface area contributed by atoms with E-state index in [4.69, 9.17) is 9.47 Å². The first-order valence-corrected chi connectivity index (χ1v) is 9.03. The maximum Gasteiger partial charge on any atom is 0.514 e. The molecule has 0 atom stereocenters. The molecule has 3 aromatic carbocycles. The Morgan fingerprint density at radius 3 is 1.89 bits per heavy atom. The van der Waals surface area contributed by atoms with E-state index in [1.54, 1.807) is 24.3 Å². The molecule has 0 unspecified atom stereocenters. The van der Waals surface area contributed by atoms with Gasteiger partial charge in [0.25, 0.3) is 0 Å². The quantitative estimate of drug-likeness (QED) is 0.312. The van der Waals surface area contributed by atoms with Gasteiger partial charge >= 0.3 is 6.16 Å². The zero-order valence-electron chi connectivity index (χ0n) is 16.1. The summed E-state index contributed by atoms with van der Waals surface area (Å²) in [5.74, 6) is 0.277. The molecule has 0 aliphatic carbocycles. The lowest BCUT2D eigenvalue weighted by Gasteiger charge is -2.25. The van der Waals surface area contributed by atoms with Gasteiger partial charge in [-0.2, -0.15) is 0 Å². The van der Waals surface area contributed by atoms with Gasteiger partial charge in [-0.15, -0.1) is 0 Å². The van der Waals surface area contributed by atoms with Crippen LogP contribution in [-0.2, 0) is 10.3 Å². The van der Waals surface area contributed by atoms with Gasteiger partial charge < -0.3 is 9.47 Å². The number of carbonyl (C=O) groups excluding carboxylic acids is 2. The summed E-state index contributed by atoms with van der Waals surface area (Å²) in [6.07, 6.45) is -0.798. The summed E-state index contributed by atoms with van der Waals surface area (Å²) in [6, 6.07) is 24.3. The molecule has 28 heavy (non-hydrogen) atoms. The molecule has 0 spiro atoms. The summed E-state index contributed by atoms with van der Waals surface area (Å²) in [5.41, 5.74) is 2.77. The van der Waals surface area contributed by atoms with Gasteiger partial charge in [-0.3, -0.25) is 4.79 Å². The van der Waals surface area contributed by atoms with Crippen LogP contribution in [0.2, 0.25) is 0 Å². The molecule has 4 heteroatoms. The van der Waals surface area contributed by atoms with Gasteiger partial charge in [-0.25, -0.2) is 4.79 Å². The highest BCUT2D eigenvalue weighted by molar-refractivity contribution is 5.94. The molecule has 0 saturated heterocycles. The normalized spacial score (nSPS) is 11.0. The van der Waals surface area contributed by atoms with E-state index in [9.17, 15) is 9.59 Å². The number of Topliss-reactive ketones (excluding diaryl/α,β-unsaturated/α-hetero) is 1. The zero-order chi connectivity index (χ0) is 20.1. The topological polar surface area (TPSA) is 52.6 Å². The summed E-state index contributed by atoms with van der Waals surface area (Å²) < 4.78 is 10.8. The van der Waals surface area contributed by atoms with E-state index in [-0.39, 0.29) is 5.78 Å². The summed E-state index contributed by atoms with van der Waals surface area (Å²) in [6.45, 7) is 5.10. The van der Waals surface area contributed by atoms with E-state index < -0.39 is 11.8 Å². The first-order valence-electron chi connectivity index (χ1n) is 9.03. The predicted molar refractivity (Wildman–Crippen MR) is 108 cm³/mol. The van der Waals surface area contributed by atoms with E-state index >= 15 is 0 Å². The number of ketones is 1. The Morgan fingerprint density at radius 2 is 1.32 bits per heavy atom. The average Bonchev–Trinajstić information content (AvgIpc) is 2.68. The lowest BCUT2D eigenvalue weighted by atomic mass is 9.95. The Hall–Kier alpha value is -3.40. The van der Waals surface area contributed by atoms with Crippen molar-refractivity contribution >= 4 is 11.9 Å². The molecule has 0 fully saturated rings. The smallest absolute Gasteiger partial charge is 0.423 e. The van der Waals surface area contributed by atoms with Gasteiger partial charge in [0.15, 0.2) is 5.78 Å². The highest BCUT2D eigenvalue weighted by Gasteiger charge is 2.26. The fraction of sp³-hybridized carbons (Fsp3) is 0.167. The molecule has 0 bridgehead atoms. The van der Waals surface area contributed by atoms with Crippen molar-refractivity contribution in [1.29, 1.82) is 0 Å². The van der Waals surface area contributed by atoms with E-state index in [0.717, 1.165) is 16.7 Å².